The van der Waals surface area contributed by atoms with Gasteiger partial charge in [0.25, 0.3) is 0 Å². The Kier molecular flexibility index (Phi) is 13.6. The summed E-state index contributed by atoms with van der Waals surface area (Å²) in [5.41, 5.74) is 1.71. The molecule has 4 bridgehead atoms. The van der Waals surface area contributed by atoms with Gasteiger partial charge in [-0.2, -0.15) is 13.2 Å². The normalized spacial score (nSPS) is 15.6. The van der Waals surface area contributed by atoms with Gasteiger partial charge in [0.2, 0.25) is 12.3 Å². The van der Waals surface area contributed by atoms with E-state index in [0.717, 1.165) is 87.1 Å². The van der Waals surface area contributed by atoms with Gasteiger partial charge in [-0.3, -0.25) is 4.79 Å². The van der Waals surface area contributed by atoms with Crippen LogP contribution in [0.1, 0.15) is 78.7 Å². The minimum Gasteiger partial charge on any atom is -0.476 e. The number of nitrogens with zero attached hydrogens (tertiary/aromatic N) is 5. The van der Waals surface area contributed by atoms with Gasteiger partial charge in [-0.05, 0) is 93.1 Å². The van der Waals surface area contributed by atoms with Crippen molar-refractivity contribution in [3.63, 3.8) is 0 Å². The molecule has 6 rings (SSSR count). The fraction of sp³-hybridized carbons (Fsp3) is 0.487. The van der Waals surface area contributed by atoms with Crippen LogP contribution in [0.5, 0.6) is 5.88 Å². The lowest BCUT2D eigenvalue weighted by Gasteiger charge is -2.31. The Balaban J connectivity index is 0.000000693. The lowest BCUT2D eigenvalue weighted by atomic mass is 9.94. The molecule has 1 amide bonds. The average molecular weight is 770 g/mol. The molecule has 286 valence electrons. The van der Waals surface area contributed by atoms with E-state index in [-0.39, 0.29) is 11.3 Å². The monoisotopic (exact) mass is 769 g/mol. The highest BCUT2D eigenvalue weighted by Gasteiger charge is 2.48. The van der Waals surface area contributed by atoms with Crippen molar-refractivity contribution >= 4 is 41.9 Å². The highest BCUT2D eigenvalue weighted by molar-refractivity contribution is 8.00. The average Bonchev–Trinajstić information content (AvgIpc) is 3.83. The molecule has 1 aliphatic heterocycles. The first-order valence-electron chi connectivity index (χ1n) is 18.1. The van der Waals surface area contributed by atoms with E-state index in [0.29, 0.717) is 17.2 Å². The number of alkyl halides is 3. The molecule has 1 aliphatic carbocycles. The van der Waals surface area contributed by atoms with Crippen LogP contribution in [-0.2, 0) is 11.2 Å². The maximum atomic E-state index is 13.4. The van der Waals surface area contributed by atoms with Crippen molar-refractivity contribution in [2.45, 2.75) is 96.0 Å². The molecule has 0 saturated heterocycles. The number of hydrogen-bond acceptors (Lipinski definition) is 9. The van der Waals surface area contributed by atoms with E-state index < -0.39 is 18.2 Å². The zero-order valence-electron chi connectivity index (χ0n) is 31.1. The SMILES string of the molecule is CC(C)(C)CN1CCCCCCc2ccccc2-c2nc(ccc2-n2ccc(OCC(C)(C)C(F)(F)F)n2)NSc2cccc1n2.O=CNSC1CC1. The maximum absolute atomic E-state index is 13.4. The van der Waals surface area contributed by atoms with Crippen molar-refractivity contribution in [1.82, 2.24) is 24.5 Å². The van der Waals surface area contributed by atoms with Gasteiger partial charge >= 0.3 is 6.18 Å². The molecular weight excluding hydrogens is 720 g/mol. The van der Waals surface area contributed by atoms with Crippen LogP contribution < -0.4 is 19.1 Å². The second-order valence-corrected chi connectivity index (χ2v) is 17.2. The summed E-state index contributed by atoms with van der Waals surface area (Å²) in [4.78, 5) is 22.0. The van der Waals surface area contributed by atoms with Crippen molar-refractivity contribution in [2.75, 3.05) is 29.3 Å². The number of pyridine rings is 2. The number of carbonyl (C=O) groups is 1. The number of anilines is 2. The fourth-order valence-corrected chi connectivity index (χ4v) is 6.81. The molecule has 4 heterocycles. The zero-order valence-corrected chi connectivity index (χ0v) is 32.7. The zero-order chi connectivity index (χ0) is 38.1. The summed E-state index contributed by atoms with van der Waals surface area (Å²) < 4.78 is 53.2. The molecule has 1 aromatic carbocycles. The first-order chi connectivity index (χ1) is 25.2. The van der Waals surface area contributed by atoms with Gasteiger partial charge in [-0.15, -0.1) is 5.10 Å². The molecule has 2 aliphatic rings. The minimum absolute atomic E-state index is 0.117. The molecule has 4 aromatic rings. The summed E-state index contributed by atoms with van der Waals surface area (Å²) in [6, 6.07) is 19.7. The summed E-state index contributed by atoms with van der Waals surface area (Å²) in [5, 5.41) is 6.05. The second-order valence-electron chi connectivity index (χ2n) is 15.2. The molecule has 0 unspecified atom stereocenters. The number of amides is 1. The Bertz CT molecular complexity index is 1790. The molecule has 0 radical (unpaired) electrons. The van der Waals surface area contributed by atoms with Crippen LogP contribution in [-0.4, -0.2) is 57.3 Å². The smallest absolute Gasteiger partial charge is 0.397 e. The highest BCUT2D eigenvalue weighted by atomic mass is 32.2. The van der Waals surface area contributed by atoms with Crippen LogP contribution in [0.25, 0.3) is 16.9 Å². The van der Waals surface area contributed by atoms with Crippen LogP contribution in [0.2, 0.25) is 0 Å². The number of benzene rings is 1. The van der Waals surface area contributed by atoms with Gasteiger partial charge in [-0.1, -0.05) is 63.9 Å². The molecule has 3 aromatic heterocycles. The van der Waals surface area contributed by atoms with Crippen molar-refractivity contribution < 1.29 is 22.7 Å². The standard InChI is InChI=1S/C35H43F3N6OS.C4H7NOS/c1-33(2,3)23-43-21-11-7-6-8-13-25-14-9-10-15-26(25)32-27(18-19-28(39-32)42-46-31-17-12-16-29(43)40-31)44-22-20-30(41-44)45-24-34(4,5)35(36,37)38;6-3-5-7-4-1-2-4/h9-10,12,14-20,22H,6-8,11,13,21,23-24H2,1-5H3,(H,39,42);3-4H,1-2H2,(H,5,6). The van der Waals surface area contributed by atoms with Crippen molar-refractivity contribution in [3.8, 4) is 22.8 Å². The van der Waals surface area contributed by atoms with Crippen LogP contribution in [0, 0.1) is 10.8 Å². The van der Waals surface area contributed by atoms with Crippen LogP contribution in [0.3, 0.4) is 0 Å². The van der Waals surface area contributed by atoms with Crippen LogP contribution in [0.4, 0.5) is 24.8 Å². The van der Waals surface area contributed by atoms with Crippen LogP contribution in [0.15, 0.2) is 71.9 Å². The van der Waals surface area contributed by atoms with E-state index in [2.05, 4.69) is 58.4 Å². The predicted octanol–water partition coefficient (Wildman–Crippen LogP) is 9.93. The molecule has 2 N–H and O–H groups in total. The minimum atomic E-state index is -4.39. The number of carbonyl (C=O) groups excluding carboxylic acids is 1. The van der Waals surface area contributed by atoms with E-state index in [1.54, 1.807) is 16.9 Å². The molecule has 0 atom stereocenters. The number of aryl methyl sites for hydroxylation is 1. The summed E-state index contributed by atoms with van der Waals surface area (Å²) in [6.45, 7) is 10.3. The number of ether oxygens (including phenoxy) is 1. The third kappa shape index (κ3) is 12.0. The van der Waals surface area contributed by atoms with Gasteiger partial charge in [-0.25, -0.2) is 14.6 Å². The Hall–Kier alpha value is -3.91. The van der Waals surface area contributed by atoms with Gasteiger partial charge in [0, 0.05) is 48.1 Å². The van der Waals surface area contributed by atoms with Gasteiger partial charge in [0.05, 0.1) is 16.8 Å². The largest absolute Gasteiger partial charge is 0.476 e. The summed E-state index contributed by atoms with van der Waals surface area (Å²) in [5.74, 6) is 1.74. The molecular formula is C39H50F3N7O2S2. The van der Waals surface area contributed by atoms with E-state index in [1.807, 2.05) is 36.4 Å². The Labute approximate surface area is 319 Å². The highest BCUT2D eigenvalue weighted by Crippen LogP contribution is 2.38. The molecule has 0 spiro atoms. The summed E-state index contributed by atoms with van der Waals surface area (Å²) >= 11 is 2.93. The fourth-order valence-electron chi connectivity index (χ4n) is 5.59. The van der Waals surface area contributed by atoms with E-state index in [9.17, 15) is 18.0 Å². The van der Waals surface area contributed by atoms with Gasteiger partial charge in [0.1, 0.15) is 23.3 Å². The van der Waals surface area contributed by atoms with Gasteiger partial charge < -0.3 is 19.1 Å². The predicted molar refractivity (Wildman–Crippen MR) is 209 cm³/mol. The maximum Gasteiger partial charge on any atom is 0.397 e. The number of rotatable bonds is 8. The number of fused-ring (bicyclic) bond motifs is 6. The molecule has 9 nitrogen and oxygen atoms in total. The number of nitrogens with one attached hydrogen (secondary N) is 2. The summed E-state index contributed by atoms with van der Waals surface area (Å²) in [6.07, 6.45) is 5.83. The number of aromatic nitrogens is 4. The number of hydrogen-bond donors (Lipinski definition) is 2. The quantitative estimate of drug-likeness (QED) is 0.134. The first-order valence-corrected chi connectivity index (χ1v) is 19.8. The lowest BCUT2D eigenvalue weighted by Crippen LogP contribution is -2.37. The summed E-state index contributed by atoms with van der Waals surface area (Å²) in [7, 11) is 0. The first kappa shape index (κ1) is 40.3. The van der Waals surface area contributed by atoms with Gasteiger partial charge in [0.15, 0.2) is 0 Å². The van der Waals surface area contributed by atoms with Crippen LogP contribution >= 0.6 is 23.9 Å². The Morgan fingerprint density at radius 1 is 0.962 bits per heavy atom. The lowest BCUT2D eigenvalue weighted by molar-refractivity contribution is -0.219. The third-order valence-corrected chi connectivity index (χ3v) is 10.5. The molecule has 53 heavy (non-hydrogen) atoms. The second kappa shape index (κ2) is 17.9. The van der Waals surface area contributed by atoms with E-state index >= 15 is 0 Å². The van der Waals surface area contributed by atoms with E-state index in [1.165, 1.54) is 42.3 Å². The van der Waals surface area contributed by atoms with Crippen molar-refractivity contribution in [2.24, 2.45) is 10.8 Å². The topological polar surface area (TPSA) is 97.2 Å². The molecule has 14 heteroatoms. The Morgan fingerprint density at radius 2 is 1.74 bits per heavy atom. The molecule has 1 fully saturated rings. The van der Waals surface area contributed by atoms with E-state index in [4.69, 9.17) is 14.7 Å². The third-order valence-electron chi connectivity index (χ3n) is 8.70. The Morgan fingerprint density at radius 3 is 2.47 bits per heavy atom. The van der Waals surface area contributed by atoms with Crippen molar-refractivity contribution in [3.05, 3.63) is 72.4 Å². The number of halogens is 3. The molecule has 1 saturated carbocycles. The van der Waals surface area contributed by atoms with Crippen molar-refractivity contribution in [1.29, 1.82) is 0 Å².